The minimum absolute atomic E-state index is 0.196. The van der Waals surface area contributed by atoms with Gasteiger partial charge in [0.1, 0.15) is 0 Å². The molecule has 15 heavy (non-hydrogen) atoms. The average Bonchev–Trinajstić information content (AvgIpc) is 2.64. The van der Waals surface area contributed by atoms with Crippen LogP contribution in [0.25, 0.3) is 11.2 Å². The van der Waals surface area contributed by atoms with E-state index in [4.69, 9.17) is 0 Å². The molecule has 5 heteroatoms. The predicted molar refractivity (Wildman–Crippen MR) is 57.6 cm³/mol. The maximum absolute atomic E-state index is 11.3. The Labute approximate surface area is 86.5 Å². The number of allylic oxidation sites excluding steroid dienone is 2. The van der Waals surface area contributed by atoms with Gasteiger partial charge in [0.05, 0.1) is 12.7 Å². The highest BCUT2D eigenvalue weighted by Gasteiger charge is 2.04. The van der Waals surface area contributed by atoms with E-state index in [1.807, 2.05) is 10.6 Å². The van der Waals surface area contributed by atoms with Crippen LogP contribution in [0, 0.1) is 0 Å². The van der Waals surface area contributed by atoms with E-state index >= 15 is 0 Å². The molecule has 0 radical (unpaired) electrons. The summed E-state index contributed by atoms with van der Waals surface area (Å²) in [5, 5.41) is 0. The van der Waals surface area contributed by atoms with Crippen LogP contribution in [0.5, 0.6) is 0 Å². The molecule has 0 fully saturated rings. The van der Waals surface area contributed by atoms with Crippen molar-refractivity contribution in [2.75, 3.05) is 0 Å². The molecule has 2 aromatic heterocycles. The van der Waals surface area contributed by atoms with Gasteiger partial charge in [0.25, 0.3) is 5.56 Å². The Morgan fingerprint density at radius 2 is 2.33 bits per heavy atom. The van der Waals surface area contributed by atoms with Gasteiger partial charge in [-0.3, -0.25) is 4.79 Å². The van der Waals surface area contributed by atoms with Crippen molar-refractivity contribution >= 4 is 11.2 Å². The Morgan fingerprint density at radius 1 is 1.47 bits per heavy atom. The van der Waals surface area contributed by atoms with Crippen LogP contribution in [0.4, 0.5) is 0 Å². The SMILES string of the molecule is CC/C=C/Cn1cnc2c(=O)[nH]cnc21. The summed E-state index contributed by atoms with van der Waals surface area (Å²) in [6, 6.07) is 0. The molecule has 2 heterocycles. The average molecular weight is 204 g/mol. The number of fused-ring (bicyclic) bond motifs is 1. The first kappa shape index (κ1) is 9.64. The van der Waals surface area contributed by atoms with Crippen LogP contribution in [0.2, 0.25) is 0 Å². The molecular weight excluding hydrogens is 192 g/mol. The van der Waals surface area contributed by atoms with Crippen molar-refractivity contribution in [3.05, 3.63) is 35.2 Å². The van der Waals surface area contributed by atoms with Gasteiger partial charge in [-0.25, -0.2) is 9.97 Å². The van der Waals surface area contributed by atoms with Crippen molar-refractivity contribution in [1.82, 2.24) is 19.5 Å². The highest BCUT2D eigenvalue weighted by atomic mass is 16.1. The Morgan fingerprint density at radius 3 is 3.13 bits per heavy atom. The minimum atomic E-state index is -0.196. The van der Waals surface area contributed by atoms with Crippen LogP contribution in [0.3, 0.4) is 0 Å². The molecule has 5 nitrogen and oxygen atoms in total. The van der Waals surface area contributed by atoms with Crippen LogP contribution in [0.15, 0.2) is 29.6 Å². The third-order valence-electron chi connectivity index (χ3n) is 2.11. The standard InChI is InChI=1S/C10H12N4O/c1-2-3-4-5-14-7-13-8-9(14)11-6-12-10(8)15/h3-4,6-7H,2,5H2,1H3,(H,11,12,15)/b4-3+. The summed E-state index contributed by atoms with van der Waals surface area (Å²) in [6.07, 6.45) is 8.13. The van der Waals surface area contributed by atoms with Crippen molar-refractivity contribution in [2.24, 2.45) is 0 Å². The number of imidazole rings is 1. The zero-order valence-electron chi connectivity index (χ0n) is 8.47. The Balaban J connectivity index is 2.41. The molecule has 2 aromatic rings. The Kier molecular flexibility index (Phi) is 2.62. The molecule has 0 saturated heterocycles. The van der Waals surface area contributed by atoms with Gasteiger partial charge in [-0.2, -0.15) is 0 Å². The third-order valence-corrected chi connectivity index (χ3v) is 2.11. The molecule has 0 aromatic carbocycles. The maximum atomic E-state index is 11.3. The van der Waals surface area contributed by atoms with Crippen LogP contribution in [0.1, 0.15) is 13.3 Å². The van der Waals surface area contributed by atoms with E-state index < -0.39 is 0 Å². The molecule has 0 spiro atoms. The molecule has 78 valence electrons. The highest BCUT2D eigenvalue weighted by Crippen LogP contribution is 2.03. The van der Waals surface area contributed by atoms with E-state index in [9.17, 15) is 4.79 Å². The number of nitrogens with one attached hydrogen (secondary N) is 1. The van der Waals surface area contributed by atoms with E-state index in [1.54, 1.807) is 6.33 Å². The largest absolute Gasteiger partial charge is 0.311 e. The normalized spacial score (nSPS) is 11.5. The van der Waals surface area contributed by atoms with Gasteiger partial charge in [0.15, 0.2) is 11.2 Å². The summed E-state index contributed by atoms with van der Waals surface area (Å²) < 4.78 is 1.84. The number of nitrogens with zero attached hydrogens (tertiary/aromatic N) is 3. The molecule has 0 aliphatic carbocycles. The first-order chi connectivity index (χ1) is 7.33. The third kappa shape index (κ3) is 1.81. The molecule has 0 aliphatic heterocycles. The first-order valence-corrected chi connectivity index (χ1v) is 4.86. The highest BCUT2D eigenvalue weighted by molar-refractivity contribution is 5.68. The van der Waals surface area contributed by atoms with Gasteiger partial charge < -0.3 is 9.55 Å². The summed E-state index contributed by atoms with van der Waals surface area (Å²) in [7, 11) is 0. The van der Waals surface area contributed by atoms with E-state index in [2.05, 4.69) is 28.0 Å². The molecule has 0 amide bonds. The number of rotatable bonds is 3. The van der Waals surface area contributed by atoms with Crippen LogP contribution >= 0.6 is 0 Å². The summed E-state index contributed by atoms with van der Waals surface area (Å²) in [6.45, 7) is 2.77. The predicted octanol–water partition coefficient (Wildman–Crippen LogP) is 1.09. The molecule has 1 N–H and O–H groups in total. The van der Waals surface area contributed by atoms with Crippen molar-refractivity contribution in [3.8, 4) is 0 Å². The summed E-state index contributed by atoms with van der Waals surface area (Å²) in [5.41, 5.74) is 0.820. The fraction of sp³-hybridized carbons (Fsp3) is 0.300. The van der Waals surface area contributed by atoms with Gasteiger partial charge in [-0.05, 0) is 6.42 Å². The lowest BCUT2D eigenvalue weighted by Crippen LogP contribution is -2.07. The van der Waals surface area contributed by atoms with Crippen molar-refractivity contribution < 1.29 is 0 Å². The second-order valence-corrected chi connectivity index (χ2v) is 3.18. The number of aromatic amines is 1. The second kappa shape index (κ2) is 4.08. The monoisotopic (exact) mass is 204 g/mol. The maximum Gasteiger partial charge on any atom is 0.278 e. The number of hydrogen-bond acceptors (Lipinski definition) is 3. The molecule has 0 atom stereocenters. The quantitative estimate of drug-likeness (QED) is 0.761. The van der Waals surface area contributed by atoms with Gasteiger partial charge in [-0.15, -0.1) is 0 Å². The van der Waals surface area contributed by atoms with E-state index in [0.29, 0.717) is 17.7 Å². The fourth-order valence-electron chi connectivity index (χ4n) is 1.38. The lowest BCUT2D eigenvalue weighted by molar-refractivity contribution is 0.833. The van der Waals surface area contributed by atoms with Crippen LogP contribution in [-0.2, 0) is 6.54 Å². The second-order valence-electron chi connectivity index (χ2n) is 3.18. The van der Waals surface area contributed by atoms with Crippen molar-refractivity contribution in [3.63, 3.8) is 0 Å². The summed E-state index contributed by atoms with van der Waals surface area (Å²) in [4.78, 5) is 21.9. The van der Waals surface area contributed by atoms with Crippen LogP contribution in [-0.4, -0.2) is 19.5 Å². The topological polar surface area (TPSA) is 63.6 Å². The van der Waals surface area contributed by atoms with Crippen LogP contribution < -0.4 is 5.56 Å². The van der Waals surface area contributed by atoms with E-state index in [-0.39, 0.29) is 5.56 Å². The van der Waals surface area contributed by atoms with E-state index in [1.165, 1.54) is 6.33 Å². The number of hydrogen-bond donors (Lipinski definition) is 1. The van der Waals surface area contributed by atoms with E-state index in [0.717, 1.165) is 6.42 Å². The molecule has 0 bridgehead atoms. The van der Waals surface area contributed by atoms with Crippen molar-refractivity contribution in [2.45, 2.75) is 19.9 Å². The van der Waals surface area contributed by atoms with Gasteiger partial charge in [0, 0.05) is 6.54 Å². The lowest BCUT2D eigenvalue weighted by atomic mass is 10.4. The minimum Gasteiger partial charge on any atom is -0.311 e. The zero-order valence-corrected chi connectivity index (χ0v) is 8.47. The van der Waals surface area contributed by atoms with Crippen molar-refractivity contribution in [1.29, 1.82) is 0 Å². The van der Waals surface area contributed by atoms with Gasteiger partial charge in [0.2, 0.25) is 0 Å². The molecule has 0 aliphatic rings. The summed E-state index contributed by atoms with van der Waals surface area (Å²) >= 11 is 0. The molecule has 0 unspecified atom stereocenters. The van der Waals surface area contributed by atoms with Gasteiger partial charge in [-0.1, -0.05) is 19.1 Å². The zero-order chi connectivity index (χ0) is 10.7. The Hall–Kier alpha value is -1.91. The number of H-pyrrole nitrogens is 1. The first-order valence-electron chi connectivity index (χ1n) is 4.86. The lowest BCUT2D eigenvalue weighted by Gasteiger charge is -1.96. The molecular formula is C10H12N4O. The fourth-order valence-corrected chi connectivity index (χ4v) is 1.38. The molecule has 2 rings (SSSR count). The van der Waals surface area contributed by atoms with Gasteiger partial charge >= 0.3 is 0 Å². The summed E-state index contributed by atoms with van der Waals surface area (Å²) in [5.74, 6) is 0. The number of aromatic nitrogens is 4. The Bertz CT molecular complexity index is 538. The molecule has 0 saturated carbocycles. The smallest absolute Gasteiger partial charge is 0.278 e.